The minimum atomic E-state index is -1.07. The normalized spacial score (nSPS) is 22.6. The van der Waals surface area contributed by atoms with E-state index in [-0.39, 0.29) is 25.0 Å². The second kappa shape index (κ2) is 14.4. The lowest BCUT2D eigenvalue weighted by molar-refractivity contribution is -0.142. The van der Waals surface area contributed by atoms with Crippen molar-refractivity contribution in [3.8, 4) is 5.75 Å². The number of nitrogens with one attached hydrogen (secondary N) is 5. The number of benzene rings is 3. The molecule has 2 fully saturated rings. The number of fused-ring (bicyclic) bond motifs is 2. The van der Waals surface area contributed by atoms with E-state index >= 15 is 0 Å². The van der Waals surface area contributed by atoms with Crippen LogP contribution in [0.1, 0.15) is 29.5 Å². The van der Waals surface area contributed by atoms with Crippen LogP contribution in [0.3, 0.4) is 0 Å². The topological polar surface area (TPSA) is 173 Å². The molecular formula is C36H38N6O6. The van der Waals surface area contributed by atoms with Gasteiger partial charge in [-0.05, 0) is 47.7 Å². The summed E-state index contributed by atoms with van der Waals surface area (Å²) in [5.41, 5.74) is 3.15. The second-order valence-electron chi connectivity index (χ2n) is 12.3. The summed E-state index contributed by atoms with van der Waals surface area (Å²) in [6.45, 7) is -0.132. The maximum Gasteiger partial charge on any atom is 0.246 e. The van der Waals surface area contributed by atoms with Crippen LogP contribution in [0.4, 0.5) is 0 Å². The number of aromatic nitrogens is 1. The number of phenolic OH excluding ortho intramolecular Hbond substituents is 1. The molecule has 6 rings (SSSR count). The highest BCUT2D eigenvalue weighted by molar-refractivity contribution is 5.98. The summed E-state index contributed by atoms with van der Waals surface area (Å²) in [4.78, 5) is 73.3. The van der Waals surface area contributed by atoms with E-state index in [0.29, 0.717) is 24.9 Å². The Morgan fingerprint density at radius 2 is 1.35 bits per heavy atom. The first-order valence-electron chi connectivity index (χ1n) is 16.1. The van der Waals surface area contributed by atoms with Gasteiger partial charge in [0.15, 0.2) is 0 Å². The largest absolute Gasteiger partial charge is 0.508 e. The first-order valence-corrected chi connectivity index (χ1v) is 16.1. The Balaban J connectivity index is 1.33. The Kier molecular flexibility index (Phi) is 9.70. The number of amides is 5. The molecule has 0 aliphatic carbocycles. The van der Waals surface area contributed by atoms with Gasteiger partial charge in [-0.25, -0.2) is 0 Å². The predicted octanol–water partition coefficient (Wildman–Crippen LogP) is 1.48. The zero-order valence-corrected chi connectivity index (χ0v) is 26.3. The Morgan fingerprint density at radius 1 is 0.688 bits per heavy atom. The third-order valence-electron chi connectivity index (χ3n) is 8.92. The fraction of sp³-hybridized carbons (Fsp3) is 0.306. The van der Waals surface area contributed by atoms with Gasteiger partial charge in [0.2, 0.25) is 29.5 Å². The third kappa shape index (κ3) is 7.49. The molecule has 3 heterocycles. The Bertz CT molecular complexity index is 1810. The van der Waals surface area contributed by atoms with Gasteiger partial charge in [0.25, 0.3) is 0 Å². The van der Waals surface area contributed by atoms with Crippen molar-refractivity contribution in [2.45, 2.75) is 56.3 Å². The van der Waals surface area contributed by atoms with Gasteiger partial charge in [-0.2, -0.15) is 0 Å². The van der Waals surface area contributed by atoms with Crippen LogP contribution in [0, 0.1) is 0 Å². The lowest BCUT2D eigenvalue weighted by atomic mass is 10.0. The lowest BCUT2D eigenvalue weighted by Crippen LogP contribution is -2.58. The number of carbonyl (C=O) groups excluding carboxylic acids is 5. The summed E-state index contributed by atoms with van der Waals surface area (Å²) in [7, 11) is 0. The minimum Gasteiger partial charge on any atom is -0.508 e. The quantitative estimate of drug-likeness (QED) is 0.185. The number of H-pyrrole nitrogens is 1. The number of carbonyl (C=O) groups is 5. The molecule has 0 spiro atoms. The number of phenols is 1. The summed E-state index contributed by atoms with van der Waals surface area (Å²) in [5, 5.41) is 21.7. The number of para-hydroxylation sites is 1. The lowest BCUT2D eigenvalue weighted by Gasteiger charge is -2.30. The van der Waals surface area contributed by atoms with Crippen LogP contribution in [0.15, 0.2) is 85.1 Å². The van der Waals surface area contributed by atoms with Crippen LogP contribution in [0.2, 0.25) is 0 Å². The molecule has 0 unspecified atom stereocenters. The van der Waals surface area contributed by atoms with Gasteiger partial charge in [-0.1, -0.05) is 60.7 Å². The van der Waals surface area contributed by atoms with Crippen LogP contribution in [-0.4, -0.2) is 81.8 Å². The maximum atomic E-state index is 14.0. The fourth-order valence-electron chi connectivity index (χ4n) is 6.44. The number of aromatic hydroxyl groups is 1. The number of hydrogen-bond donors (Lipinski definition) is 6. The third-order valence-corrected chi connectivity index (χ3v) is 8.92. The van der Waals surface area contributed by atoms with Crippen molar-refractivity contribution < 1.29 is 29.1 Å². The minimum absolute atomic E-state index is 0.0607. The van der Waals surface area contributed by atoms with Crippen LogP contribution < -0.4 is 21.3 Å². The molecule has 2 aliphatic rings. The Hall–Kier alpha value is -5.65. The molecule has 0 saturated carbocycles. The summed E-state index contributed by atoms with van der Waals surface area (Å²) in [5.74, 6) is -2.63. The average molecular weight is 651 g/mol. The first kappa shape index (κ1) is 32.3. The zero-order valence-electron chi connectivity index (χ0n) is 26.3. The van der Waals surface area contributed by atoms with Gasteiger partial charge < -0.3 is 36.3 Å². The van der Waals surface area contributed by atoms with Crippen LogP contribution >= 0.6 is 0 Å². The molecule has 2 saturated heterocycles. The van der Waals surface area contributed by atoms with E-state index in [9.17, 15) is 29.1 Å². The Morgan fingerprint density at radius 3 is 2.15 bits per heavy atom. The molecule has 248 valence electrons. The van der Waals surface area contributed by atoms with Crippen molar-refractivity contribution in [2.75, 3.05) is 13.1 Å². The molecular weight excluding hydrogens is 612 g/mol. The van der Waals surface area contributed by atoms with E-state index in [0.717, 1.165) is 22.0 Å². The molecule has 4 atom stereocenters. The van der Waals surface area contributed by atoms with Crippen molar-refractivity contribution in [1.82, 2.24) is 31.2 Å². The molecule has 3 aromatic carbocycles. The molecule has 0 radical (unpaired) electrons. The summed E-state index contributed by atoms with van der Waals surface area (Å²) in [6, 6.07) is 19.1. The van der Waals surface area contributed by atoms with Gasteiger partial charge in [-0.15, -0.1) is 0 Å². The van der Waals surface area contributed by atoms with Crippen LogP contribution in [-0.2, 0) is 43.2 Å². The molecule has 6 N–H and O–H groups in total. The van der Waals surface area contributed by atoms with Gasteiger partial charge in [0, 0.05) is 42.9 Å². The van der Waals surface area contributed by atoms with Crippen molar-refractivity contribution in [1.29, 1.82) is 0 Å². The number of nitrogens with zero attached hydrogens (tertiary/aromatic N) is 1. The predicted molar refractivity (Wildman–Crippen MR) is 177 cm³/mol. The average Bonchev–Trinajstić information content (AvgIpc) is 3.75. The van der Waals surface area contributed by atoms with Gasteiger partial charge in [0.1, 0.15) is 29.9 Å². The monoisotopic (exact) mass is 650 g/mol. The van der Waals surface area contributed by atoms with Gasteiger partial charge >= 0.3 is 0 Å². The molecule has 12 heteroatoms. The number of hydrogen-bond acceptors (Lipinski definition) is 6. The first-order chi connectivity index (χ1) is 23.2. The molecule has 4 aromatic rings. The van der Waals surface area contributed by atoms with E-state index in [1.54, 1.807) is 18.3 Å². The Labute approximate surface area is 277 Å². The number of aromatic amines is 1. The van der Waals surface area contributed by atoms with Crippen molar-refractivity contribution >= 4 is 40.4 Å². The summed E-state index contributed by atoms with van der Waals surface area (Å²) >= 11 is 0. The van der Waals surface area contributed by atoms with E-state index in [1.807, 2.05) is 54.6 Å². The van der Waals surface area contributed by atoms with Crippen molar-refractivity contribution in [3.63, 3.8) is 0 Å². The molecule has 5 amide bonds. The van der Waals surface area contributed by atoms with Crippen molar-refractivity contribution in [3.05, 3.63) is 102 Å². The number of rotatable bonds is 6. The van der Waals surface area contributed by atoms with Crippen LogP contribution in [0.5, 0.6) is 5.75 Å². The molecule has 2 aliphatic heterocycles. The maximum absolute atomic E-state index is 14.0. The highest BCUT2D eigenvalue weighted by Crippen LogP contribution is 2.23. The van der Waals surface area contributed by atoms with Gasteiger partial charge in [-0.3, -0.25) is 24.0 Å². The highest BCUT2D eigenvalue weighted by Gasteiger charge is 2.39. The van der Waals surface area contributed by atoms with Crippen LogP contribution in [0.25, 0.3) is 10.9 Å². The smallest absolute Gasteiger partial charge is 0.246 e. The van der Waals surface area contributed by atoms with Crippen molar-refractivity contribution in [2.24, 2.45) is 0 Å². The van der Waals surface area contributed by atoms with E-state index in [2.05, 4.69) is 26.3 Å². The summed E-state index contributed by atoms with van der Waals surface area (Å²) in [6.07, 6.45) is 3.12. The fourth-order valence-corrected chi connectivity index (χ4v) is 6.44. The molecule has 0 bridgehead atoms. The molecule has 12 nitrogen and oxygen atoms in total. The SMILES string of the molecule is O=C1CNC(=O)[C@@H](Cc2ccccc2)NC(=O)[C@@H](Cc2c[nH]c3ccccc23)NC(=O)[C@H]2CCCN2C(=O)[C@@H](Cc2ccc(O)cc2)N1. The molecule has 1 aromatic heterocycles. The molecule has 48 heavy (non-hydrogen) atoms. The van der Waals surface area contributed by atoms with E-state index < -0.39 is 60.2 Å². The van der Waals surface area contributed by atoms with Gasteiger partial charge in [0.05, 0.1) is 6.54 Å². The summed E-state index contributed by atoms with van der Waals surface area (Å²) < 4.78 is 0. The zero-order chi connectivity index (χ0) is 33.6. The van der Waals surface area contributed by atoms with E-state index in [1.165, 1.54) is 17.0 Å². The highest BCUT2D eigenvalue weighted by atomic mass is 16.3. The standard InChI is InChI=1S/C36H38N6O6/c43-25-14-12-23(13-15-25)18-30-36(48)42-16-6-11-31(42)35(47)41-29(19-24-20-37-27-10-5-4-9-26(24)27)34(46)40-28(17-22-7-2-1-3-8-22)33(45)38-21-32(44)39-30/h1-5,7-10,12-15,20,28-31,37,43H,6,11,16-19,21H2,(H,38,45)(H,39,44)(H,40,46)(H,41,47)/t28-,29-,30-,31-/m1/s1. The van der Waals surface area contributed by atoms with E-state index in [4.69, 9.17) is 0 Å². The second-order valence-corrected chi connectivity index (χ2v) is 12.3.